The van der Waals surface area contributed by atoms with Crippen molar-refractivity contribution >= 4 is 112 Å². The highest BCUT2D eigenvalue weighted by atomic mass is 79.9. The molecule has 0 aliphatic heterocycles. The molecule has 0 saturated carbocycles. The van der Waals surface area contributed by atoms with Gasteiger partial charge in [0.1, 0.15) is 30.8 Å². The van der Waals surface area contributed by atoms with Crippen LogP contribution in [0, 0.1) is 0 Å². The highest BCUT2D eigenvalue weighted by Crippen LogP contribution is 2.44. The molecule has 2 aromatic carbocycles. The van der Waals surface area contributed by atoms with E-state index in [4.69, 9.17) is 14.2 Å². The van der Waals surface area contributed by atoms with Crippen LogP contribution in [0.25, 0.3) is 0 Å². The van der Waals surface area contributed by atoms with E-state index >= 15 is 0 Å². The second kappa shape index (κ2) is 25.4. The summed E-state index contributed by atoms with van der Waals surface area (Å²) >= 11 is 25.7. The van der Waals surface area contributed by atoms with Gasteiger partial charge in [0.15, 0.2) is 0 Å². The number of rotatable bonds is 26. The molecule has 0 N–H and O–H groups in total. The SMILES string of the molecule is CCCCCCCCCCCCCCCCOC(CBr)COc1c(Br)cc(C(C)(C)c2cc(Br)c(OCC(Br)CBr)c(Br)c2)cc1Br. The van der Waals surface area contributed by atoms with Gasteiger partial charge in [-0.1, -0.05) is 152 Å². The molecule has 2 atom stereocenters. The van der Waals surface area contributed by atoms with Crippen LogP contribution in [0.2, 0.25) is 0 Å². The Morgan fingerprint density at radius 2 is 0.957 bits per heavy atom. The Kier molecular flexibility index (Phi) is 24.0. The normalized spacial score (nSPS) is 13.1. The molecule has 0 amide bonds. The molecule has 2 aromatic rings. The van der Waals surface area contributed by atoms with Crippen LogP contribution in [0.1, 0.15) is 122 Å². The summed E-state index contributed by atoms with van der Waals surface area (Å²) in [4.78, 5) is 0.234. The Hall–Kier alpha value is 1.36. The molecule has 0 aromatic heterocycles. The van der Waals surface area contributed by atoms with Crippen molar-refractivity contribution in [1.29, 1.82) is 0 Å². The lowest BCUT2D eigenvalue weighted by Gasteiger charge is -2.28. The fourth-order valence-electron chi connectivity index (χ4n) is 5.36. The number of unbranched alkanes of at least 4 members (excludes halogenated alkanes) is 13. The summed E-state index contributed by atoms with van der Waals surface area (Å²) in [6.07, 6.45) is 19.0. The molecule has 3 nitrogen and oxygen atoms in total. The van der Waals surface area contributed by atoms with Crippen molar-refractivity contribution in [2.24, 2.45) is 0 Å². The maximum Gasteiger partial charge on any atom is 0.147 e. The number of hydrogen-bond donors (Lipinski definition) is 0. The molecule has 0 aliphatic rings. The topological polar surface area (TPSA) is 27.7 Å². The van der Waals surface area contributed by atoms with Crippen molar-refractivity contribution in [3.63, 3.8) is 0 Å². The third-order valence-corrected chi connectivity index (χ3v) is 13.8. The van der Waals surface area contributed by atoms with E-state index in [1.807, 2.05) is 0 Å². The van der Waals surface area contributed by atoms with E-state index in [1.165, 1.54) is 83.5 Å². The molecule has 2 rings (SSSR count). The highest BCUT2D eigenvalue weighted by molar-refractivity contribution is 9.12. The van der Waals surface area contributed by atoms with Gasteiger partial charge in [0.2, 0.25) is 0 Å². The number of alkyl halides is 3. The average Bonchev–Trinajstić information content (AvgIpc) is 3.04. The van der Waals surface area contributed by atoms with Crippen molar-refractivity contribution in [3.8, 4) is 11.5 Å². The molecule has 0 fully saturated rings. The lowest BCUT2D eigenvalue weighted by atomic mass is 9.78. The zero-order chi connectivity index (χ0) is 34.7. The van der Waals surface area contributed by atoms with Gasteiger partial charge in [0, 0.05) is 22.7 Å². The van der Waals surface area contributed by atoms with Crippen molar-refractivity contribution in [1.82, 2.24) is 0 Å². The Morgan fingerprint density at radius 3 is 1.34 bits per heavy atom. The van der Waals surface area contributed by atoms with Crippen LogP contribution in [-0.4, -0.2) is 41.4 Å². The van der Waals surface area contributed by atoms with Gasteiger partial charge in [-0.3, -0.25) is 0 Å². The maximum absolute atomic E-state index is 6.29. The van der Waals surface area contributed by atoms with Crippen molar-refractivity contribution in [2.75, 3.05) is 30.5 Å². The molecule has 0 saturated heterocycles. The summed E-state index contributed by atoms with van der Waals surface area (Å²) in [5.41, 5.74) is 2.03. The first-order valence-electron chi connectivity index (χ1n) is 17.2. The second-order valence-electron chi connectivity index (χ2n) is 12.8. The number of ether oxygens (including phenoxy) is 3. The van der Waals surface area contributed by atoms with E-state index in [9.17, 15) is 0 Å². The van der Waals surface area contributed by atoms with Crippen LogP contribution in [-0.2, 0) is 10.2 Å². The fraction of sp³-hybridized carbons (Fsp3) is 0.676. The van der Waals surface area contributed by atoms with Gasteiger partial charge in [-0.25, -0.2) is 0 Å². The lowest BCUT2D eigenvalue weighted by Crippen LogP contribution is -2.24. The van der Waals surface area contributed by atoms with Gasteiger partial charge < -0.3 is 14.2 Å². The lowest BCUT2D eigenvalue weighted by molar-refractivity contribution is 0.0335. The van der Waals surface area contributed by atoms with Gasteiger partial charge >= 0.3 is 0 Å². The molecular formula is C37H53Br7O3. The molecule has 47 heavy (non-hydrogen) atoms. The van der Waals surface area contributed by atoms with Gasteiger partial charge in [-0.05, 0) is 106 Å². The third kappa shape index (κ3) is 16.7. The molecule has 10 heteroatoms. The quantitative estimate of drug-likeness (QED) is 0.0694. The van der Waals surface area contributed by atoms with E-state index in [0.717, 1.165) is 64.2 Å². The molecule has 0 aliphatic carbocycles. The van der Waals surface area contributed by atoms with E-state index in [-0.39, 0.29) is 16.3 Å². The van der Waals surface area contributed by atoms with Crippen molar-refractivity contribution in [3.05, 3.63) is 53.3 Å². The summed E-state index contributed by atoms with van der Waals surface area (Å²) in [7, 11) is 0. The highest BCUT2D eigenvalue weighted by Gasteiger charge is 2.28. The van der Waals surface area contributed by atoms with Crippen LogP contribution < -0.4 is 9.47 Å². The molecule has 0 bridgehead atoms. The summed E-state index contributed by atoms with van der Waals surface area (Å²) in [6, 6.07) is 8.58. The van der Waals surface area contributed by atoms with E-state index in [2.05, 4.69) is 157 Å². The first-order valence-corrected chi connectivity index (χ1v) is 23.5. The van der Waals surface area contributed by atoms with Crippen molar-refractivity contribution in [2.45, 2.75) is 127 Å². The number of halogens is 7. The standard InChI is InChI=1S/C37H53Br7O3/c1-4-5-6-7-8-9-10-11-12-13-14-15-16-17-18-45-30(24-39)26-47-36-33(43)21-28(22-34(36)44)37(2,3)27-19-31(41)35(32(42)20-27)46-25-29(40)23-38/h19-22,29-30H,4-18,23-26H2,1-3H3. The largest absolute Gasteiger partial charge is 0.490 e. The minimum Gasteiger partial charge on any atom is -0.490 e. The minimum atomic E-state index is -0.282. The predicted octanol–water partition coefficient (Wildman–Crippen LogP) is 15.2. The van der Waals surface area contributed by atoms with E-state index < -0.39 is 0 Å². The third-order valence-electron chi connectivity index (χ3n) is 8.45. The summed E-state index contributed by atoms with van der Waals surface area (Å²) in [5.74, 6) is 1.59. The second-order valence-corrected chi connectivity index (χ2v) is 18.8. The predicted molar refractivity (Wildman–Crippen MR) is 227 cm³/mol. The minimum absolute atomic E-state index is 0.00308. The zero-order valence-electron chi connectivity index (χ0n) is 28.3. The Bertz CT molecular complexity index is 1110. The molecular weight excluding hydrogens is 1050 g/mol. The molecule has 2 unspecified atom stereocenters. The first-order chi connectivity index (χ1) is 22.5. The van der Waals surface area contributed by atoms with Gasteiger partial charge in [-0.15, -0.1) is 0 Å². The molecule has 268 valence electrons. The first kappa shape index (κ1) is 44.5. The Morgan fingerprint density at radius 1 is 0.574 bits per heavy atom. The Balaban J connectivity index is 1.78. The van der Waals surface area contributed by atoms with Crippen LogP contribution in [0.5, 0.6) is 11.5 Å². The smallest absolute Gasteiger partial charge is 0.147 e. The van der Waals surface area contributed by atoms with Gasteiger partial charge in [-0.2, -0.15) is 0 Å². The summed E-state index contributed by atoms with van der Waals surface area (Å²) in [5, 5.41) is 1.56. The van der Waals surface area contributed by atoms with Crippen LogP contribution in [0.4, 0.5) is 0 Å². The monoisotopic (exact) mass is 1100 g/mol. The number of benzene rings is 2. The van der Waals surface area contributed by atoms with Crippen molar-refractivity contribution < 1.29 is 14.2 Å². The van der Waals surface area contributed by atoms with E-state index in [1.54, 1.807) is 0 Å². The van der Waals surface area contributed by atoms with E-state index in [0.29, 0.717) is 13.2 Å². The molecule has 0 spiro atoms. The molecule has 0 radical (unpaired) electrons. The average molecular weight is 1110 g/mol. The van der Waals surface area contributed by atoms with Gasteiger partial charge in [0.05, 0.1) is 22.7 Å². The van der Waals surface area contributed by atoms with Crippen LogP contribution in [0.3, 0.4) is 0 Å². The Labute approximate surface area is 344 Å². The maximum atomic E-state index is 6.29. The zero-order valence-corrected chi connectivity index (χ0v) is 39.4. The van der Waals surface area contributed by atoms with Crippen LogP contribution in [0.15, 0.2) is 42.2 Å². The van der Waals surface area contributed by atoms with Gasteiger partial charge in [0.25, 0.3) is 0 Å². The summed E-state index contributed by atoms with van der Waals surface area (Å²) < 4.78 is 22.2. The summed E-state index contributed by atoms with van der Waals surface area (Å²) in [6.45, 7) is 8.55. The van der Waals surface area contributed by atoms with Crippen LogP contribution >= 0.6 is 112 Å². The fourth-order valence-corrected chi connectivity index (χ4v) is 8.89. The number of hydrogen-bond acceptors (Lipinski definition) is 3. The molecule has 0 heterocycles.